The van der Waals surface area contributed by atoms with E-state index >= 15 is 0 Å². The van der Waals surface area contributed by atoms with Gasteiger partial charge in [0.05, 0.1) is 17.9 Å². The number of hydrogen-bond donors (Lipinski definition) is 1. The molecule has 0 bridgehead atoms. The Morgan fingerprint density at radius 2 is 2.24 bits per heavy atom. The predicted octanol–water partition coefficient (Wildman–Crippen LogP) is 1.67. The Hall–Kier alpha value is -1.27. The highest BCUT2D eigenvalue weighted by Gasteiger charge is 2.17. The average molecular weight is 296 g/mol. The van der Waals surface area contributed by atoms with Crippen LogP contribution < -0.4 is 5.32 Å². The van der Waals surface area contributed by atoms with Crippen molar-refractivity contribution in [2.24, 2.45) is 7.05 Å². The highest BCUT2D eigenvalue weighted by atomic mass is 79.9. The molecule has 5 nitrogen and oxygen atoms in total. The van der Waals surface area contributed by atoms with Gasteiger partial charge in [-0.1, -0.05) is 12.1 Å². The first-order chi connectivity index (χ1) is 8.22. The lowest BCUT2D eigenvalue weighted by molar-refractivity contribution is 0.567. The molecule has 2 rings (SSSR count). The first-order valence-electron chi connectivity index (χ1n) is 5.40. The molecule has 0 fully saturated rings. The number of aromatic nitrogens is 4. The lowest BCUT2D eigenvalue weighted by Gasteiger charge is -2.17. The van der Waals surface area contributed by atoms with Gasteiger partial charge in [-0.15, -0.1) is 5.10 Å². The Balaban J connectivity index is 2.39. The standard InChI is InChI=1S/C11H14BrN5/c1-3-14-11(10-7-15-16-17(10)2)8-4-9(12)6-13-5-8/h4-7,11,14H,3H2,1-2H3. The van der Waals surface area contributed by atoms with Gasteiger partial charge in [0.1, 0.15) is 0 Å². The van der Waals surface area contributed by atoms with Gasteiger partial charge in [-0.3, -0.25) is 9.67 Å². The summed E-state index contributed by atoms with van der Waals surface area (Å²) in [6, 6.07) is 2.11. The number of pyridine rings is 1. The van der Waals surface area contributed by atoms with Gasteiger partial charge < -0.3 is 5.32 Å². The van der Waals surface area contributed by atoms with Crippen molar-refractivity contribution < 1.29 is 0 Å². The van der Waals surface area contributed by atoms with Crippen LogP contribution in [0.2, 0.25) is 0 Å². The molecule has 0 aromatic carbocycles. The number of nitrogens with one attached hydrogen (secondary N) is 1. The van der Waals surface area contributed by atoms with Crippen molar-refractivity contribution in [3.8, 4) is 0 Å². The minimum Gasteiger partial charge on any atom is -0.305 e. The topological polar surface area (TPSA) is 55.6 Å². The number of rotatable bonds is 4. The first kappa shape index (κ1) is 12.2. The van der Waals surface area contributed by atoms with Crippen LogP contribution in [-0.2, 0) is 7.05 Å². The van der Waals surface area contributed by atoms with Gasteiger partial charge in [0.15, 0.2) is 0 Å². The van der Waals surface area contributed by atoms with Crippen molar-refractivity contribution >= 4 is 15.9 Å². The van der Waals surface area contributed by atoms with E-state index in [1.165, 1.54) is 0 Å². The number of halogens is 1. The van der Waals surface area contributed by atoms with Crippen LogP contribution >= 0.6 is 15.9 Å². The predicted molar refractivity (Wildman–Crippen MR) is 68.5 cm³/mol. The average Bonchev–Trinajstić information content (AvgIpc) is 2.72. The van der Waals surface area contributed by atoms with Crippen LogP contribution in [0.4, 0.5) is 0 Å². The van der Waals surface area contributed by atoms with E-state index in [1.807, 2.05) is 19.3 Å². The van der Waals surface area contributed by atoms with Crippen LogP contribution in [0, 0.1) is 0 Å². The van der Waals surface area contributed by atoms with Gasteiger partial charge in [0.2, 0.25) is 0 Å². The van der Waals surface area contributed by atoms with Crippen LogP contribution in [0.1, 0.15) is 24.2 Å². The third-order valence-corrected chi connectivity index (χ3v) is 2.95. The van der Waals surface area contributed by atoms with E-state index in [4.69, 9.17) is 0 Å². The molecule has 2 aromatic rings. The molecule has 1 atom stereocenters. The number of nitrogens with zero attached hydrogens (tertiary/aromatic N) is 4. The molecule has 90 valence electrons. The van der Waals surface area contributed by atoms with Crippen molar-refractivity contribution in [3.63, 3.8) is 0 Å². The van der Waals surface area contributed by atoms with Gasteiger partial charge >= 0.3 is 0 Å². The van der Waals surface area contributed by atoms with E-state index in [1.54, 1.807) is 17.1 Å². The summed E-state index contributed by atoms with van der Waals surface area (Å²) in [6.45, 7) is 2.94. The second kappa shape index (κ2) is 5.37. The third-order valence-electron chi connectivity index (χ3n) is 2.51. The zero-order valence-electron chi connectivity index (χ0n) is 9.76. The van der Waals surface area contributed by atoms with Crippen molar-refractivity contribution in [2.75, 3.05) is 6.54 Å². The molecule has 0 spiro atoms. The fourth-order valence-corrected chi connectivity index (χ4v) is 2.13. The molecule has 6 heteroatoms. The highest BCUT2D eigenvalue weighted by molar-refractivity contribution is 9.10. The Morgan fingerprint density at radius 1 is 1.41 bits per heavy atom. The van der Waals surface area contributed by atoms with Crippen LogP contribution in [0.3, 0.4) is 0 Å². The normalized spacial score (nSPS) is 12.6. The molecule has 17 heavy (non-hydrogen) atoms. The molecule has 0 saturated carbocycles. The largest absolute Gasteiger partial charge is 0.305 e. The molecule has 0 saturated heterocycles. The fourth-order valence-electron chi connectivity index (χ4n) is 1.74. The molecule has 0 aliphatic carbocycles. The number of aryl methyl sites for hydroxylation is 1. The Morgan fingerprint density at radius 3 is 2.82 bits per heavy atom. The summed E-state index contributed by atoms with van der Waals surface area (Å²) in [5.74, 6) is 0. The van der Waals surface area contributed by atoms with Gasteiger partial charge in [-0.2, -0.15) is 0 Å². The van der Waals surface area contributed by atoms with Crippen molar-refractivity contribution in [2.45, 2.75) is 13.0 Å². The van der Waals surface area contributed by atoms with E-state index in [0.717, 1.165) is 22.3 Å². The molecule has 0 amide bonds. The lowest BCUT2D eigenvalue weighted by atomic mass is 10.1. The molecule has 1 N–H and O–H groups in total. The van der Waals surface area contributed by atoms with Crippen LogP contribution in [0.15, 0.2) is 29.1 Å². The zero-order chi connectivity index (χ0) is 12.3. The van der Waals surface area contributed by atoms with Crippen molar-refractivity contribution in [1.29, 1.82) is 0 Å². The minimum atomic E-state index is 0.0602. The lowest BCUT2D eigenvalue weighted by Crippen LogP contribution is -2.24. The molecule has 2 aromatic heterocycles. The maximum Gasteiger partial charge on any atom is 0.0799 e. The maximum atomic E-state index is 4.19. The fraction of sp³-hybridized carbons (Fsp3) is 0.364. The van der Waals surface area contributed by atoms with Gasteiger partial charge in [-0.05, 0) is 34.1 Å². The highest BCUT2D eigenvalue weighted by Crippen LogP contribution is 2.22. The first-order valence-corrected chi connectivity index (χ1v) is 6.20. The maximum absolute atomic E-state index is 4.19. The van der Waals surface area contributed by atoms with E-state index in [0.29, 0.717) is 0 Å². The van der Waals surface area contributed by atoms with E-state index in [-0.39, 0.29) is 6.04 Å². The summed E-state index contributed by atoms with van der Waals surface area (Å²) in [5.41, 5.74) is 2.11. The van der Waals surface area contributed by atoms with Gasteiger partial charge in [0, 0.05) is 23.9 Å². The van der Waals surface area contributed by atoms with E-state index in [2.05, 4.69) is 43.5 Å². The molecule has 0 aliphatic heterocycles. The smallest absolute Gasteiger partial charge is 0.0799 e. The monoisotopic (exact) mass is 295 g/mol. The second-order valence-electron chi connectivity index (χ2n) is 3.71. The summed E-state index contributed by atoms with van der Waals surface area (Å²) in [5, 5.41) is 11.3. The van der Waals surface area contributed by atoms with Gasteiger partial charge in [0.25, 0.3) is 0 Å². The summed E-state index contributed by atoms with van der Waals surface area (Å²) in [6.07, 6.45) is 5.40. The van der Waals surface area contributed by atoms with E-state index < -0.39 is 0 Å². The summed E-state index contributed by atoms with van der Waals surface area (Å²) >= 11 is 3.44. The van der Waals surface area contributed by atoms with Gasteiger partial charge in [-0.25, -0.2) is 0 Å². The van der Waals surface area contributed by atoms with E-state index in [9.17, 15) is 0 Å². The molecule has 2 heterocycles. The van der Waals surface area contributed by atoms with Crippen molar-refractivity contribution in [1.82, 2.24) is 25.3 Å². The summed E-state index contributed by atoms with van der Waals surface area (Å²) < 4.78 is 2.74. The van der Waals surface area contributed by atoms with Crippen LogP contribution in [-0.4, -0.2) is 26.5 Å². The molecule has 0 radical (unpaired) electrons. The third kappa shape index (κ3) is 2.70. The molecular weight excluding hydrogens is 282 g/mol. The summed E-state index contributed by atoms with van der Waals surface area (Å²) in [4.78, 5) is 4.19. The quantitative estimate of drug-likeness (QED) is 0.932. The van der Waals surface area contributed by atoms with Crippen molar-refractivity contribution in [3.05, 3.63) is 40.4 Å². The van der Waals surface area contributed by atoms with Crippen LogP contribution in [0.25, 0.3) is 0 Å². The molecular formula is C11H14BrN5. The Kier molecular flexibility index (Phi) is 3.86. The Labute approximate surface area is 108 Å². The molecule has 1 unspecified atom stereocenters. The number of hydrogen-bond acceptors (Lipinski definition) is 4. The zero-order valence-corrected chi connectivity index (χ0v) is 11.3. The SMILES string of the molecule is CCNC(c1cncc(Br)c1)c1cnnn1C. The summed E-state index contributed by atoms with van der Waals surface area (Å²) in [7, 11) is 1.89. The second-order valence-corrected chi connectivity index (χ2v) is 4.63. The molecule has 0 aliphatic rings. The minimum absolute atomic E-state index is 0.0602. The van der Waals surface area contributed by atoms with Crippen LogP contribution in [0.5, 0.6) is 0 Å². The Bertz CT molecular complexity index is 496.